The second-order valence-corrected chi connectivity index (χ2v) is 5.48. The number of likely N-dealkylation sites (N-methyl/N-ethyl adjacent to an activating group) is 1. The Morgan fingerprint density at radius 2 is 2.00 bits per heavy atom. The molecule has 2 heteroatoms. The summed E-state index contributed by atoms with van der Waals surface area (Å²) in [6, 6.07) is 0.743. The van der Waals surface area contributed by atoms with E-state index in [0.717, 1.165) is 12.0 Å². The van der Waals surface area contributed by atoms with Crippen molar-refractivity contribution in [3.63, 3.8) is 0 Å². The Balaban J connectivity index is 1.77. The summed E-state index contributed by atoms with van der Waals surface area (Å²) in [6.45, 7) is 3.54. The second kappa shape index (κ2) is 3.82. The van der Waals surface area contributed by atoms with E-state index >= 15 is 0 Å². The van der Waals surface area contributed by atoms with Gasteiger partial charge in [-0.15, -0.1) is 0 Å². The van der Waals surface area contributed by atoms with Crippen molar-refractivity contribution >= 4 is 0 Å². The molecular weight excluding hydrogens is 172 g/mol. The monoisotopic (exact) mass is 196 g/mol. The molecule has 2 aliphatic carbocycles. The van der Waals surface area contributed by atoms with E-state index in [4.69, 9.17) is 0 Å². The molecule has 0 aliphatic heterocycles. The number of hydrogen-bond donors (Lipinski definition) is 1. The van der Waals surface area contributed by atoms with Gasteiger partial charge in [0.05, 0.1) is 0 Å². The molecule has 1 atom stereocenters. The average Bonchev–Trinajstić information content (AvgIpc) is 2.82. The molecular formula is C12H24N2. The molecule has 2 saturated carbocycles. The van der Waals surface area contributed by atoms with E-state index in [9.17, 15) is 0 Å². The fourth-order valence-electron chi connectivity index (χ4n) is 2.48. The van der Waals surface area contributed by atoms with Crippen molar-refractivity contribution in [1.29, 1.82) is 0 Å². The highest BCUT2D eigenvalue weighted by atomic mass is 15.2. The van der Waals surface area contributed by atoms with Crippen LogP contribution < -0.4 is 5.32 Å². The smallest absolute Gasteiger partial charge is 0.0328 e. The van der Waals surface area contributed by atoms with Gasteiger partial charge in [-0.2, -0.15) is 0 Å². The summed E-state index contributed by atoms with van der Waals surface area (Å²) in [6.07, 6.45) is 7.07. The zero-order valence-electron chi connectivity index (χ0n) is 9.84. The maximum Gasteiger partial charge on any atom is 0.0328 e. The van der Waals surface area contributed by atoms with Crippen LogP contribution in [0.1, 0.15) is 39.0 Å². The zero-order valence-corrected chi connectivity index (χ0v) is 9.84. The summed E-state index contributed by atoms with van der Waals surface area (Å²) in [5.41, 5.74) is 0.489. The molecule has 0 bridgehead atoms. The molecule has 2 aliphatic rings. The molecule has 82 valence electrons. The maximum atomic E-state index is 3.73. The number of rotatable bonds is 5. The normalized spacial score (nSPS) is 27.4. The van der Waals surface area contributed by atoms with Crippen LogP contribution in [0.3, 0.4) is 0 Å². The second-order valence-electron chi connectivity index (χ2n) is 5.48. The Kier molecular flexibility index (Phi) is 2.85. The van der Waals surface area contributed by atoms with Crippen molar-refractivity contribution in [1.82, 2.24) is 10.2 Å². The highest BCUT2D eigenvalue weighted by Crippen LogP contribution is 2.37. The van der Waals surface area contributed by atoms with E-state index in [2.05, 4.69) is 31.2 Å². The molecule has 0 amide bonds. The summed E-state index contributed by atoms with van der Waals surface area (Å²) >= 11 is 0. The van der Waals surface area contributed by atoms with Gasteiger partial charge in [0.25, 0.3) is 0 Å². The van der Waals surface area contributed by atoms with Crippen molar-refractivity contribution < 1.29 is 0 Å². The summed E-state index contributed by atoms with van der Waals surface area (Å²) in [7, 11) is 4.45. The predicted molar refractivity (Wildman–Crippen MR) is 60.5 cm³/mol. The van der Waals surface area contributed by atoms with Gasteiger partial charge in [0, 0.05) is 18.1 Å². The number of nitrogens with one attached hydrogen (secondary N) is 1. The van der Waals surface area contributed by atoms with Crippen molar-refractivity contribution in [3.05, 3.63) is 0 Å². The third-order valence-corrected chi connectivity index (χ3v) is 4.32. The predicted octanol–water partition coefficient (Wildman–Crippen LogP) is 1.86. The zero-order chi connectivity index (χ0) is 10.2. The van der Waals surface area contributed by atoms with Crippen LogP contribution >= 0.6 is 0 Å². The molecule has 1 unspecified atom stereocenters. The van der Waals surface area contributed by atoms with Gasteiger partial charge in [-0.1, -0.05) is 0 Å². The molecule has 0 aromatic carbocycles. The first-order valence-corrected chi connectivity index (χ1v) is 6.05. The molecule has 2 nitrogen and oxygen atoms in total. The number of hydrogen-bond acceptors (Lipinski definition) is 2. The first kappa shape index (κ1) is 10.4. The lowest BCUT2D eigenvalue weighted by Crippen LogP contribution is -2.57. The standard InChI is InChI=1S/C12H24N2/c1-10(11-5-6-11)13-9-12(14(2)3)7-4-8-12/h10-11,13H,4-9H2,1-3H3. The largest absolute Gasteiger partial charge is 0.312 e. The van der Waals surface area contributed by atoms with E-state index in [1.807, 2.05) is 0 Å². The Bertz CT molecular complexity index is 192. The quantitative estimate of drug-likeness (QED) is 0.722. The lowest BCUT2D eigenvalue weighted by molar-refractivity contribution is 0.0569. The molecule has 0 spiro atoms. The van der Waals surface area contributed by atoms with Gasteiger partial charge < -0.3 is 10.2 Å². The van der Waals surface area contributed by atoms with Crippen LogP contribution in [-0.4, -0.2) is 37.1 Å². The molecule has 0 saturated heterocycles. The van der Waals surface area contributed by atoms with E-state index in [0.29, 0.717) is 5.54 Å². The molecule has 0 aromatic rings. The fraction of sp³-hybridized carbons (Fsp3) is 1.00. The van der Waals surface area contributed by atoms with Gasteiger partial charge >= 0.3 is 0 Å². The first-order chi connectivity index (χ1) is 6.64. The average molecular weight is 196 g/mol. The molecule has 0 radical (unpaired) electrons. The Morgan fingerprint density at radius 3 is 2.36 bits per heavy atom. The van der Waals surface area contributed by atoms with Crippen LogP contribution in [0, 0.1) is 5.92 Å². The molecule has 2 fully saturated rings. The number of nitrogens with zero attached hydrogens (tertiary/aromatic N) is 1. The minimum Gasteiger partial charge on any atom is -0.312 e. The van der Waals surface area contributed by atoms with E-state index in [1.54, 1.807) is 0 Å². The molecule has 0 aromatic heterocycles. The van der Waals surface area contributed by atoms with Crippen molar-refractivity contribution in [2.75, 3.05) is 20.6 Å². The van der Waals surface area contributed by atoms with Crippen LogP contribution in [0.5, 0.6) is 0 Å². The van der Waals surface area contributed by atoms with Crippen LogP contribution in [0.4, 0.5) is 0 Å². The van der Waals surface area contributed by atoms with E-state index < -0.39 is 0 Å². The van der Waals surface area contributed by atoms with Crippen LogP contribution in [0.25, 0.3) is 0 Å². The van der Waals surface area contributed by atoms with Gasteiger partial charge in [0.15, 0.2) is 0 Å². The minimum absolute atomic E-state index is 0.489. The highest BCUT2D eigenvalue weighted by molar-refractivity contribution is 4.98. The summed E-state index contributed by atoms with van der Waals surface area (Å²) in [5.74, 6) is 0.981. The molecule has 14 heavy (non-hydrogen) atoms. The highest BCUT2D eigenvalue weighted by Gasteiger charge is 2.39. The summed E-state index contributed by atoms with van der Waals surface area (Å²) < 4.78 is 0. The van der Waals surface area contributed by atoms with Gasteiger partial charge in [-0.25, -0.2) is 0 Å². The lowest BCUT2D eigenvalue weighted by atomic mass is 9.75. The van der Waals surface area contributed by atoms with Crippen molar-refractivity contribution in [2.24, 2.45) is 5.92 Å². The Morgan fingerprint density at radius 1 is 1.36 bits per heavy atom. The van der Waals surface area contributed by atoms with Crippen molar-refractivity contribution in [2.45, 2.75) is 50.6 Å². The Hall–Kier alpha value is -0.0800. The van der Waals surface area contributed by atoms with E-state index in [-0.39, 0.29) is 0 Å². The third kappa shape index (κ3) is 1.96. The van der Waals surface area contributed by atoms with Gasteiger partial charge in [-0.3, -0.25) is 0 Å². The SMILES string of the molecule is CC(NCC1(N(C)C)CCC1)C1CC1. The molecule has 0 heterocycles. The lowest BCUT2D eigenvalue weighted by Gasteiger charge is -2.48. The van der Waals surface area contributed by atoms with Crippen LogP contribution in [0.2, 0.25) is 0 Å². The summed E-state index contributed by atoms with van der Waals surface area (Å²) in [5, 5.41) is 3.73. The van der Waals surface area contributed by atoms with Crippen LogP contribution in [-0.2, 0) is 0 Å². The van der Waals surface area contributed by atoms with E-state index in [1.165, 1.54) is 38.6 Å². The maximum absolute atomic E-state index is 3.73. The molecule has 2 rings (SSSR count). The van der Waals surface area contributed by atoms with Gasteiger partial charge in [0.1, 0.15) is 0 Å². The van der Waals surface area contributed by atoms with Crippen LogP contribution in [0.15, 0.2) is 0 Å². The first-order valence-electron chi connectivity index (χ1n) is 6.05. The van der Waals surface area contributed by atoms with Gasteiger partial charge in [-0.05, 0) is 59.0 Å². The fourth-order valence-corrected chi connectivity index (χ4v) is 2.48. The minimum atomic E-state index is 0.489. The topological polar surface area (TPSA) is 15.3 Å². The van der Waals surface area contributed by atoms with Gasteiger partial charge in [0.2, 0.25) is 0 Å². The summed E-state index contributed by atoms with van der Waals surface area (Å²) in [4.78, 5) is 2.42. The molecule has 1 N–H and O–H groups in total. The Labute approximate surface area is 88.1 Å². The van der Waals surface area contributed by atoms with Crippen molar-refractivity contribution in [3.8, 4) is 0 Å². The third-order valence-electron chi connectivity index (χ3n) is 4.32.